The van der Waals surface area contributed by atoms with Gasteiger partial charge in [0.2, 0.25) is 17.7 Å². The molecule has 0 aromatic heterocycles. The molecule has 1 heterocycles. The van der Waals surface area contributed by atoms with Crippen LogP contribution in [0.3, 0.4) is 0 Å². The smallest absolute Gasteiger partial charge is 0.251 e. The molecule has 0 unspecified atom stereocenters. The quantitative estimate of drug-likeness (QED) is 0.128. The molecule has 10 nitrogen and oxygen atoms in total. The largest absolute Gasteiger partial charge is 0.393 e. The first-order valence-electron chi connectivity index (χ1n) is 14.3. The molecule has 41 heavy (non-hydrogen) atoms. The van der Waals surface area contributed by atoms with Crippen LogP contribution in [-0.4, -0.2) is 70.7 Å². The zero-order valence-electron chi connectivity index (χ0n) is 23.9. The highest BCUT2D eigenvalue weighted by Gasteiger charge is 2.30. The van der Waals surface area contributed by atoms with E-state index in [4.69, 9.17) is 0 Å². The van der Waals surface area contributed by atoms with Crippen LogP contribution in [-0.2, 0) is 25.6 Å². The van der Waals surface area contributed by atoms with Crippen molar-refractivity contribution in [3.63, 3.8) is 0 Å². The third-order valence-corrected chi connectivity index (χ3v) is 6.61. The summed E-state index contributed by atoms with van der Waals surface area (Å²) in [5.74, 6) is -2.23. The zero-order valence-corrected chi connectivity index (χ0v) is 23.9. The van der Waals surface area contributed by atoms with E-state index >= 15 is 0 Å². The minimum absolute atomic E-state index is 0.112. The Kier molecular flexibility index (Phi) is 15.1. The first-order chi connectivity index (χ1) is 19.7. The molecule has 5 atom stereocenters. The number of amides is 4. The molecule has 1 aromatic carbocycles. The van der Waals surface area contributed by atoms with Gasteiger partial charge in [-0.25, -0.2) is 0 Å². The van der Waals surface area contributed by atoms with Crippen LogP contribution in [0.2, 0.25) is 0 Å². The van der Waals surface area contributed by atoms with E-state index in [0.717, 1.165) is 32.1 Å². The third kappa shape index (κ3) is 13.9. The van der Waals surface area contributed by atoms with Gasteiger partial charge in [-0.3, -0.25) is 19.2 Å². The summed E-state index contributed by atoms with van der Waals surface area (Å²) in [6.45, 7) is 3.34. The molecule has 10 heteroatoms. The summed E-state index contributed by atoms with van der Waals surface area (Å²) in [5, 5.41) is 31.1. The third-order valence-electron chi connectivity index (χ3n) is 6.61. The van der Waals surface area contributed by atoms with Crippen molar-refractivity contribution in [1.82, 2.24) is 21.3 Å². The fourth-order valence-electron chi connectivity index (χ4n) is 4.21. The fraction of sp³-hybridized carbons (Fsp3) is 0.484. The van der Waals surface area contributed by atoms with E-state index < -0.39 is 48.1 Å². The van der Waals surface area contributed by atoms with Gasteiger partial charge in [0.25, 0.3) is 5.91 Å². The predicted molar refractivity (Wildman–Crippen MR) is 157 cm³/mol. The Bertz CT molecular complexity index is 1070. The number of aliphatic hydroxyl groups is 2. The summed E-state index contributed by atoms with van der Waals surface area (Å²) in [6.07, 6.45) is 12.3. The average molecular weight is 569 g/mol. The Labute approximate surface area is 242 Å². The Morgan fingerprint density at radius 3 is 2.63 bits per heavy atom. The van der Waals surface area contributed by atoms with E-state index in [9.17, 15) is 29.4 Å². The van der Waals surface area contributed by atoms with Crippen molar-refractivity contribution in [3.8, 4) is 0 Å². The van der Waals surface area contributed by atoms with Crippen molar-refractivity contribution in [3.05, 3.63) is 72.4 Å². The van der Waals surface area contributed by atoms with Gasteiger partial charge in [0, 0.05) is 31.2 Å². The molecule has 0 saturated heterocycles. The van der Waals surface area contributed by atoms with Crippen LogP contribution in [0.4, 0.5) is 0 Å². The number of rotatable bonds is 12. The number of nitrogens with one attached hydrogen (secondary N) is 4. The fourth-order valence-corrected chi connectivity index (χ4v) is 4.21. The van der Waals surface area contributed by atoms with E-state index in [1.165, 1.54) is 30.7 Å². The van der Waals surface area contributed by atoms with Crippen LogP contribution in [0.15, 0.2) is 66.8 Å². The molecular formula is C31H44N4O6. The number of unbranched alkanes of at least 4 members (excludes halogenated alkanes) is 3. The van der Waals surface area contributed by atoms with E-state index in [2.05, 4.69) is 45.5 Å². The molecule has 0 aliphatic carbocycles. The Balaban J connectivity index is 1.76. The number of carbonyl (C=O) groups is 4. The van der Waals surface area contributed by atoms with Crippen LogP contribution in [0.5, 0.6) is 0 Å². The van der Waals surface area contributed by atoms with Crippen molar-refractivity contribution in [2.24, 2.45) is 0 Å². The second-order valence-electron chi connectivity index (χ2n) is 10.3. The molecule has 2 rings (SSSR count). The summed E-state index contributed by atoms with van der Waals surface area (Å²) >= 11 is 0. The molecule has 6 N–H and O–H groups in total. The molecule has 1 aromatic rings. The van der Waals surface area contributed by atoms with Gasteiger partial charge in [-0.15, -0.1) is 0 Å². The monoisotopic (exact) mass is 568 g/mol. The lowest BCUT2D eigenvalue weighted by molar-refractivity contribution is -0.136. The topological polar surface area (TPSA) is 157 Å². The van der Waals surface area contributed by atoms with Gasteiger partial charge in [0.05, 0.1) is 12.1 Å². The van der Waals surface area contributed by atoms with Crippen molar-refractivity contribution in [1.29, 1.82) is 0 Å². The van der Waals surface area contributed by atoms with Crippen LogP contribution >= 0.6 is 0 Å². The van der Waals surface area contributed by atoms with Crippen LogP contribution in [0.1, 0.15) is 57.9 Å². The number of aryl methyl sites for hydroxylation is 1. The molecule has 224 valence electrons. The van der Waals surface area contributed by atoms with Gasteiger partial charge >= 0.3 is 0 Å². The number of hydrogen-bond donors (Lipinski definition) is 6. The maximum Gasteiger partial charge on any atom is 0.251 e. The number of carbonyl (C=O) groups excluding carboxylic acids is 4. The van der Waals surface area contributed by atoms with E-state index in [1.807, 2.05) is 12.1 Å². The van der Waals surface area contributed by atoms with Gasteiger partial charge in [0.1, 0.15) is 6.04 Å². The second kappa shape index (κ2) is 18.6. The van der Waals surface area contributed by atoms with Crippen LogP contribution < -0.4 is 21.3 Å². The van der Waals surface area contributed by atoms with E-state index in [1.54, 1.807) is 19.1 Å². The maximum atomic E-state index is 12.7. The SMILES string of the molecule is C[C@H](NC(=O)/C=C/C=C/CCCCCc1ccccc1)[C@@H](O)C(=O)N[C@H]1C[C@@H](O)CCNC(=O)/C=C/[C@H](C)NC1=O. The molecular weight excluding hydrogens is 524 g/mol. The molecule has 1 aliphatic heterocycles. The van der Waals surface area contributed by atoms with E-state index in [0.29, 0.717) is 0 Å². The number of benzene rings is 1. The van der Waals surface area contributed by atoms with Gasteiger partial charge in [-0.1, -0.05) is 61.1 Å². The molecule has 0 saturated carbocycles. The second-order valence-corrected chi connectivity index (χ2v) is 10.3. The summed E-state index contributed by atoms with van der Waals surface area (Å²) < 4.78 is 0. The lowest BCUT2D eigenvalue weighted by Gasteiger charge is -2.26. The van der Waals surface area contributed by atoms with E-state index in [-0.39, 0.29) is 25.3 Å². The highest BCUT2D eigenvalue weighted by Crippen LogP contribution is 2.08. The maximum absolute atomic E-state index is 12.7. The van der Waals surface area contributed by atoms with Gasteiger partial charge in [-0.2, -0.15) is 0 Å². The average Bonchev–Trinajstić information content (AvgIpc) is 2.94. The summed E-state index contributed by atoms with van der Waals surface area (Å²) in [4.78, 5) is 49.4. The highest BCUT2D eigenvalue weighted by molar-refractivity contribution is 5.92. The number of hydrogen-bond acceptors (Lipinski definition) is 6. The molecule has 1 aliphatic rings. The summed E-state index contributed by atoms with van der Waals surface area (Å²) in [5.41, 5.74) is 1.35. The Hall–Kier alpha value is -3.76. The first-order valence-corrected chi connectivity index (χ1v) is 14.3. The highest BCUT2D eigenvalue weighted by atomic mass is 16.3. The lowest BCUT2D eigenvalue weighted by atomic mass is 10.0. The zero-order chi connectivity index (χ0) is 30.0. The predicted octanol–water partition coefficient (Wildman–Crippen LogP) is 1.58. The molecule has 0 spiro atoms. The van der Waals surface area contributed by atoms with Crippen molar-refractivity contribution in [2.75, 3.05) is 6.54 Å². The summed E-state index contributed by atoms with van der Waals surface area (Å²) in [6, 6.07) is 7.83. The van der Waals surface area contributed by atoms with Gasteiger partial charge in [0.15, 0.2) is 6.10 Å². The molecule has 0 fully saturated rings. The van der Waals surface area contributed by atoms with Crippen LogP contribution in [0, 0.1) is 0 Å². The first kappa shape index (κ1) is 33.4. The minimum atomic E-state index is -1.62. The number of allylic oxidation sites excluding steroid dienone is 3. The van der Waals surface area contributed by atoms with Gasteiger partial charge < -0.3 is 31.5 Å². The van der Waals surface area contributed by atoms with Gasteiger partial charge in [-0.05, 0) is 51.5 Å². The van der Waals surface area contributed by atoms with Crippen LogP contribution in [0.25, 0.3) is 0 Å². The van der Waals surface area contributed by atoms with Crippen molar-refractivity contribution < 1.29 is 29.4 Å². The van der Waals surface area contributed by atoms with Crippen molar-refractivity contribution in [2.45, 2.75) is 89.1 Å². The normalized spacial score (nSPS) is 22.6. The van der Waals surface area contributed by atoms with Crippen molar-refractivity contribution >= 4 is 23.6 Å². The minimum Gasteiger partial charge on any atom is -0.393 e. The summed E-state index contributed by atoms with van der Waals surface area (Å²) in [7, 11) is 0. The lowest BCUT2D eigenvalue weighted by Crippen LogP contribution is -2.55. The molecule has 4 amide bonds. The molecule has 0 radical (unpaired) electrons. The standard InChI is InChI=1S/C31H44N4O6/c1-22-17-18-27(37)32-20-19-25(36)21-26(30(40)33-22)35-31(41)29(39)23(2)34-28(38)16-12-7-5-3-4-6-9-13-24-14-10-8-11-15-24/h5,7-8,10-12,14-18,22-23,25-26,29,36,39H,3-4,6,9,13,19-21H2,1-2H3,(H,32,37)(H,33,40)(H,34,38)(H,35,41)/b7-5+,16-12+,18-17+/t22-,23-,25-,26-,29+/m0/s1. The molecule has 0 bridgehead atoms. The Morgan fingerprint density at radius 1 is 1.12 bits per heavy atom. The Morgan fingerprint density at radius 2 is 1.88 bits per heavy atom. The number of aliphatic hydroxyl groups excluding tert-OH is 2.